The number of Topliss-reactive ketones (excluding diaryl/α,β-unsaturated/α-hetero) is 1. The van der Waals surface area contributed by atoms with E-state index in [0.717, 1.165) is 0 Å². The molecule has 10 heteroatoms. The van der Waals surface area contributed by atoms with Gasteiger partial charge in [-0.25, -0.2) is 0 Å². The summed E-state index contributed by atoms with van der Waals surface area (Å²) in [6.07, 6.45) is -0.859. The highest BCUT2D eigenvalue weighted by Crippen LogP contribution is 2.43. The van der Waals surface area contributed by atoms with Crippen molar-refractivity contribution in [2.24, 2.45) is 5.92 Å². The van der Waals surface area contributed by atoms with Gasteiger partial charge >= 0.3 is 6.18 Å². The number of terminal acetylenes is 1. The van der Waals surface area contributed by atoms with Crippen molar-refractivity contribution in [1.82, 2.24) is 15.3 Å². The van der Waals surface area contributed by atoms with Crippen LogP contribution in [0.15, 0.2) is 63.6 Å². The Morgan fingerprint density at radius 3 is 2.37 bits per heavy atom. The Morgan fingerprint density at radius 1 is 1.06 bits per heavy atom. The number of carbonyl (C=O) groups is 1. The summed E-state index contributed by atoms with van der Waals surface area (Å²) < 4.78 is 51.7. The lowest BCUT2D eigenvalue weighted by molar-refractivity contribution is -0.137. The first-order valence-corrected chi connectivity index (χ1v) is 10.4. The molecule has 0 saturated carbocycles. The van der Waals surface area contributed by atoms with Gasteiger partial charge in [0.05, 0.1) is 0 Å². The van der Waals surface area contributed by atoms with Gasteiger partial charge in [-0.3, -0.25) is 4.79 Å². The van der Waals surface area contributed by atoms with Crippen molar-refractivity contribution < 1.29 is 32.1 Å². The summed E-state index contributed by atoms with van der Waals surface area (Å²) in [5.41, 5.74) is -0.590. The molecule has 35 heavy (non-hydrogen) atoms. The Labute approximate surface area is 197 Å². The number of rotatable bonds is 7. The molecule has 0 saturated heterocycles. The zero-order chi connectivity index (χ0) is 25.2. The molecule has 2 aromatic carbocycles. The summed E-state index contributed by atoms with van der Waals surface area (Å²) in [5, 5.41) is 17.6. The van der Waals surface area contributed by atoms with Gasteiger partial charge in [0.15, 0.2) is 5.78 Å². The molecule has 0 spiro atoms. The van der Waals surface area contributed by atoms with Crippen molar-refractivity contribution in [2.45, 2.75) is 25.6 Å². The molecule has 2 aromatic heterocycles. The maximum atomic E-state index is 13.9. The first-order chi connectivity index (χ1) is 16.7. The van der Waals surface area contributed by atoms with Crippen molar-refractivity contribution in [3.8, 4) is 46.6 Å². The highest BCUT2D eigenvalue weighted by atomic mass is 19.4. The maximum absolute atomic E-state index is 13.9. The molecule has 0 bridgehead atoms. The summed E-state index contributed by atoms with van der Waals surface area (Å²) in [6, 6.07) is 13.8. The minimum Gasteiger partial charge on any atom is -0.381 e. The lowest BCUT2D eigenvalue weighted by Crippen LogP contribution is -2.14. The van der Waals surface area contributed by atoms with Crippen molar-refractivity contribution in [3.05, 3.63) is 65.7 Å². The van der Waals surface area contributed by atoms with Crippen LogP contribution in [0.25, 0.3) is 34.3 Å². The molecule has 0 aliphatic heterocycles. The first-order valence-electron chi connectivity index (χ1n) is 10.4. The molecule has 0 unspecified atom stereocenters. The largest absolute Gasteiger partial charge is 0.422 e. The summed E-state index contributed by atoms with van der Waals surface area (Å²) in [6.45, 7) is 1.70. The van der Waals surface area contributed by atoms with Gasteiger partial charge in [-0.1, -0.05) is 71.8 Å². The topological polar surface area (TPSA) is 102 Å². The Bertz CT molecular complexity index is 1370. The van der Waals surface area contributed by atoms with E-state index in [-0.39, 0.29) is 23.7 Å². The summed E-state index contributed by atoms with van der Waals surface area (Å²) in [5.74, 6) is 0.484. The van der Waals surface area contributed by atoms with E-state index in [1.165, 1.54) is 36.4 Å². The molecule has 1 N–H and O–H groups in total. The molecular weight excluding hydrogens is 463 g/mol. The monoisotopic (exact) mass is 481 g/mol. The lowest BCUT2D eigenvalue weighted by atomic mass is 9.97. The summed E-state index contributed by atoms with van der Waals surface area (Å²) in [7, 11) is 0. The molecule has 0 aliphatic rings. The Hall–Kier alpha value is -4.23. The number of benzene rings is 2. The molecule has 4 rings (SSSR count). The van der Waals surface area contributed by atoms with E-state index >= 15 is 0 Å². The fourth-order valence-electron chi connectivity index (χ4n) is 3.40. The first kappa shape index (κ1) is 23.9. The van der Waals surface area contributed by atoms with Crippen LogP contribution in [0, 0.1) is 18.3 Å². The second-order valence-electron chi connectivity index (χ2n) is 7.78. The number of aromatic nitrogens is 3. The van der Waals surface area contributed by atoms with Crippen molar-refractivity contribution in [3.63, 3.8) is 0 Å². The van der Waals surface area contributed by atoms with Gasteiger partial charge in [-0.15, -0.1) is 12.3 Å². The summed E-state index contributed by atoms with van der Waals surface area (Å²) in [4.78, 5) is 16.2. The van der Waals surface area contributed by atoms with Crippen LogP contribution < -0.4 is 0 Å². The van der Waals surface area contributed by atoms with Crippen LogP contribution in [-0.4, -0.2) is 26.2 Å². The van der Waals surface area contributed by atoms with Gasteiger partial charge in [0, 0.05) is 23.5 Å². The molecule has 7 nitrogen and oxygen atoms in total. The van der Waals surface area contributed by atoms with Gasteiger partial charge in [0.2, 0.25) is 11.6 Å². The van der Waals surface area contributed by atoms with Crippen LogP contribution in [-0.2, 0) is 11.0 Å². The number of carbonyl (C=O) groups excluding carboxylic acids is 1. The number of alkyl halides is 3. The molecule has 0 fully saturated rings. The van der Waals surface area contributed by atoms with E-state index in [1.54, 1.807) is 25.1 Å². The van der Waals surface area contributed by atoms with Crippen LogP contribution in [0.3, 0.4) is 0 Å². The molecule has 4 aromatic rings. The Kier molecular flexibility index (Phi) is 6.53. The second-order valence-corrected chi connectivity index (χ2v) is 7.78. The average Bonchev–Trinajstić information content (AvgIpc) is 3.51. The van der Waals surface area contributed by atoms with E-state index in [0.29, 0.717) is 11.1 Å². The number of hydrogen-bond donors (Lipinski definition) is 1. The molecular formula is C25H18F3N3O4. The number of halogens is 3. The van der Waals surface area contributed by atoms with E-state index in [1.807, 2.05) is 0 Å². The van der Waals surface area contributed by atoms with Crippen LogP contribution in [0.1, 0.15) is 30.6 Å². The third-order valence-corrected chi connectivity index (χ3v) is 5.22. The normalized spacial score (nSPS) is 13.3. The number of ketones is 1. The van der Waals surface area contributed by atoms with Gasteiger partial charge < -0.3 is 14.2 Å². The highest BCUT2D eigenvalue weighted by molar-refractivity contribution is 5.84. The minimum atomic E-state index is -4.80. The van der Waals surface area contributed by atoms with Gasteiger partial charge in [-0.2, -0.15) is 18.2 Å². The Balaban J connectivity index is 1.61. The minimum absolute atomic E-state index is 0.0147. The van der Waals surface area contributed by atoms with Crippen molar-refractivity contribution >= 4 is 5.78 Å². The zero-order valence-corrected chi connectivity index (χ0v) is 18.3. The number of aliphatic hydroxyl groups is 1. The van der Waals surface area contributed by atoms with Crippen LogP contribution in [0.2, 0.25) is 0 Å². The SMILES string of the molecule is C#C[C@H](C)CC(=O)[C@H](O)c1ccc(-c2noc(-c3onc(-c4ccccc4)c3C(F)(F)F)n2)cc1. The average molecular weight is 481 g/mol. The quantitative estimate of drug-likeness (QED) is 0.356. The maximum Gasteiger partial charge on any atom is 0.422 e. The number of aliphatic hydroxyl groups excluding tert-OH is 1. The van der Waals surface area contributed by atoms with E-state index in [9.17, 15) is 23.1 Å². The predicted molar refractivity (Wildman–Crippen MR) is 118 cm³/mol. The third-order valence-electron chi connectivity index (χ3n) is 5.22. The van der Waals surface area contributed by atoms with Crippen molar-refractivity contribution in [2.75, 3.05) is 0 Å². The van der Waals surface area contributed by atoms with Gasteiger partial charge in [-0.05, 0) is 5.56 Å². The molecule has 2 heterocycles. The lowest BCUT2D eigenvalue weighted by Gasteiger charge is -2.11. The molecule has 0 radical (unpaired) electrons. The van der Waals surface area contributed by atoms with Crippen LogP contribution >= 0.6 is 0 Å². The fraction of sp³-hybridized carbons (Fsp3) is 0.200. The third kappa shape index (κ3) is 5.00. The molecule has 0 aliphatic carbocycles. The van der Waals surface area contributed by atoms with Gasteiger partial charge in [0.1, 0.15) is 17.4 Å². The van der Waals surface area contributed by atoms with Crippen LogP contribution in [0.5, 0.6) is 0 Å². The molecule has 2 atom stereocenters. The molecule has 0 amide bonds. The summed E-state index contributed by atoms with van der Waals surface area (Å²) >= 11 is 0. The van der Waals surface area contributed by atoms with Crippen molar-refractivity contribution in [1.29, 1.82) is 0 Å². The fourth-order valence-corrected chi connectivity index (χ4v) is 3.40. The Morgan fingerprint density at radius 2 is 1.74 bits per heavy atom. The predicted octanol–water partition coefficient (Wildman–Crippen LogP) is 5.34. The highest BCUT2D eigenvalue weighted by Gasteiger charge is 2.43. The number of hydrogen-bond acceptors (Lipinski definition) is 7. The van der Waals surface area contributed by atoms with E-state index in [4.69, 9.17) is 15.5 Å². The zero-order valence-electron chi connectivity index (χ0n) is 18.3. The molecule has 178 valence electrons. The van der Waals surface area contributed by atoms with E-state index < -0.39 is 41.0 Å². The van der Waals surface area contributed by atoms with E-state index in [2.05, 4.69) is 21.2 Å². The standard InChI is InChI=1S/C25H18F3N3O4/c1-3-14(2)13-18(32)21(33)16-9-11-17(12-10-16)23-29-24(35-31-23)22-19(25(26,27)28)20(30-34-22)15-7-5-4-6-8-15/h1,4-12,14,21,33H,13H2,2H3/t14-,21+/m0/s1. The smallest absolute Gasteiger partial charge is 0.381 e. The second kappa shape index (κ2) is 9.56. The van der Waals surface area contributed by atoms with Gasteiger partial charge in [0.25, 0.3) is 5.89 Å². The number of nitrogens with zero attached hydrogens (tertiary/aromatic N) is 3. The van der Waals surface area contributed by atoms with Crippen LogP contribution in [0.4, 0.5) is 13.2 Å².